The lowest BCUT2D eigenvalue weighted by molar-refractivity contribution is 0.317. The Morgan fingerprint density at radius 2 is 1.90 bits per heavy atom. The van der Waals surface area contributed by atoms with Crippen molar-refractivity contribution in [2.24, 2.45) is 0 Å². The van der Waals surface area contributed by atoms with E-state index in [-0.39, 0.29) is 11.9 Å². The van der Waals surface area contributed by atoms with E-state index in [1.54, 1.807) is 6.07 Å². The summed E-state index contributed by atoms with van der Waals surface area (Å²) in [4.78, 5) is 0. The second-order valence-electron chi connectivity index (χ2n) is 4.90. The summed E-state index contributed by atoms with van der Waals surface area (Å²) >= 11 is 3.27. The molecule has 0 aliphatic carbocycles. The lowest BCUT2D eigenvalue weighted by Gasteiger charge is -2.17. The average Bonchev–Trinajstić information content (AvgIpc) is 2.46. The Balaban J connectivity index is 2.03. The molecule has 0 saturated carbocycles. The van der Waals surface area contributed by atoms with Crippen LogP contribution in [0.2, 0.25) is 0 Å². The molecule has 112 valence electrons. The van der Waals surface area contributed by atoms with Crippen molar-refractivity contribution >= 4 is 21.6 Å². The van der Waals surface area contributed by atoms with Gasteiger partial charge in [0.15, 0.2) is 0 Å². The zero-order chi connectivity index (χ0) is 15.2. The number of ether oxygens (including phenoxy) is 1. The minimum absolute atomic E-state index is 0.111. The van der Waals surface area contributed by atoms with Gasteiger partial charge in [-0.1, -0.05) is 28.9 Å². The van der Waals surface area contributed by atoms with Gasteiger partial charge in [-0.2, -0.15) is 0 Å². The highest BCUT2D eigenvalue weighted by Crippen LogP contribution is 2.25. The number of hydrogen-bond donors (Lipinski definition) is 1. The highest BCUT2D eigenvalue weighted by Gasteiger charge is 2.11. The molecule has 21 heavy (non-hydrogen) atoms. The maximum atomic E-state index is 13.9. The number of rotatable bonds is 6. The van der Waals surface area contributed by atoms with Crippen LogP contribution in [0.5, 0.6) is 5.75 Å². The minimum Gasteiger partial charge on any atom is -0.494 e. The fourth-order valence-corrected chi connectivity index (χ4v) is 2.38. The second kappa shape index (κ2) is 7.46. The van der Waals surface area contributed by atoms with E-state index in [2.05, 4.69) is 28.2 Å². The standard InChI is InChI=1S/C17H19BrFNO/c1-3-10-21-15-7-5-14(6-8-15)20-12(2)16-9-4-13(18)11-17(16)19/h4-9,11-12,20H,3,10H2,1-2H3. The molecular weight excluding hydrogens is 333 g/mol. The summed E-state index contributed by atoms with van der Waals surface area (Å²) in [6.45, 7) is 4.73. The van der Waals surface area contributed by atoms with Gasteiger partial charge in [-0.05, 0) is 49.7 Å². The van der Waals surface area contributed by atoms with Crippen molar-refractivity contribution in [3.63, 3.8) is 0 Å². The molecule has 0 spiro atoms. The highest BCUT2D eigenvalue weighted by molar-refractivity contribution is 9.10. The van der Waals surface area contributed by atoms with Gasteiger partial charge in [0.25, 0.3) is 0 Å². The number of hydrogen-bond acceptors (Lipinski definition) is 2. The van der Waals surface area contributed by atoms with Gasteiger partial charge >= 0.3 is 0 Å². The van der Waals surface area contributed by atoms with Crippen LogP contribution in [-0.4, -0.2) is 6.61 Å². The zero-order valence-corrected chi connectivity index (χ0v) is 13.8. The maximum absolute atomic E-state index is 13.9. The molecule has 0 radical (unpaired) electrons. The molecule has 0 saturated heterocycles. The van der Waals surface area contributed by atoms with Gasteiger partial charge in [-0.3, -0.25) is 0 Å². The van der Waals surface area contributed by atoms with Crippen LogP contribution in [0.1, 0.15) is 31.9 Å². The van der Waals surface area contributed by atoms with Crippen molar-refractivity contribution in [2.75, 3.05) is 11.9 Å². The van der Waals surface area contributed by atoms with Crippen LogP contribution in [0.4, 0.5) is 10.1 Å². The van der Waals surface area contributed by atoms with Crippen LogP contribution in [-0.2, 0) is 0 Å². The van der Waals surface area contributed by atoms with Crippen LogP contribution in [0.15, 0.2) is 46.9 Å². The monoisotopic (exact) mass is 351 g/mol. The molecule has 2 rings (SSSR count). The quantitative estimate of drug-likeness (QED) is 0.736. The van der Waals surface area contributed by atoms with Crippen molar-refractivity contribution in [3.8, 4) is 5.75 Å². The molecule has 0 fully saturated rings. The number of nitrogens with one attached hydrogen (secondary N) is 1. The van der Waals surface area contributed by atoms with Crippen LogP contribution in [0.3, 0.4) is 0 Å². The minimum atomic E-state index is -0.215. The first-order valence-electron chi connectivity index (χ1n) is 7.04. The van der Waals surface area contributed by atoms with Gasteiger partial charge in [-0.25, -0.2) is 4.39 Å². The van der Waals surface area contributed by atoms with E-state index >= 15 is 0 Å². The summed E-state index contributed by atoms with van der Waals surface area (Å²) in [5, 5.41) is 3.29. The van der Waals surface area contributed by atoms with Gasteiger partial charge in [0.1, 0.15) is 11.6 Å². The van der Waals surface area contributed by atoms with Gasteiger partial charge in [0.05, 0.1) is 12.6 Å². The second-order valence-corrected chi connectivity index (χ2v) is 5.82. The van der Waals surface area contributed by atoms with Gasteiger partial charge in [0.2, 0.25) is 0 Å². The third-order valence-corrected chi connectivity index (χ3v) is 3.63. The summed E-state index contributed by atoms with van der Waals surface area (Å²) in [6, 6.07) is 12.7. The normalized spacial score (nSPS) is 12.0. The van der Waals surface area contributed by atoms with Crippen LogP contribution < -0.4 is 10.1 Å². The summed E-state index contributed by atoms with van der Waals surface area (Å²) < 4.78 is 20.2. The van der Waals surface area contributed by atoms with Crippen LogP contribution in [0.25, 0.3) is 0 Å². The Morgan fingerprint density at radius 1 is 1.19 bits per heavy atom. The predicted octanol–water partition coefficient (Wildman–Crippen LogP) is 5.55. The first-order chi connectivity index (χ1) is 10.1. The molecule has 2 aromatic carbocycles. The van der Waals surface area contributed by atoms with Crippen molar-refractivity contribution in [1.29, 1.82) is 0 Å². The Labute approximate surface area is 133 Å². The predicted molar refractivity (Wildman–Crippen MR) is 88.4 cm³/mol. The Bertz CT molecular complexity index is 586. The molecule has 2 nitrogen and oxygen atoms in total. The first-order valence-corrected chi connectivity index (χ1v) is 7.83. The maximum Gasteiger partial charge on any atom is 0.129 e. The molecule has 0 heterocycles. The summed E-state index contributed by atoms with van der Waals surface area (Å²) in [5.41, 5.74) is 1.58. The van der Waals surface area contributed by atoms with Gasteiger partial charge in [-0.15, -0.1) is 0 Å². The van der Waals surface area contributed by atoms with E-state index in [0.717, 1.165) is 22.3 Å². The van der Waals surface area contributed by atoms with Crippen LogP contribution >= 0.6 is 15.9 Å². The van der Waals surface area contributed by atoms with E-state index < -0.39 is 0 Å². The third kappa shape index (κ3) is 4.46. The van der Waals surface area contributed by atoms with Crippen molar-refractivity contribution < 1.29 is 9.13 Å². The fourth-order valence-electron chi connectivity index (χ4n) is 2.05. The van der Waals surface area contributed by atoms with E-state index in [4.69, 9.17) is 4.74 Å². The first kappa shape index (κ1) is 15.8. The summed E-state index contributed by atoms with van der Waals surface area (Å²) in [7, 11) is 0. The molecule has 4 heteroatoms. The lowest BCUT2D eigenvalue weighted by atomic mass is 10.1. The Morgan fingerprint density at radius 3 is 2.52 bits per heavy atom. The fraction of sp³-hybridized carbons (Fsp3) is 0.294. The Hall–Kier alpha value is -1.55. The van der Waals surface area contributed by atoms with Crippen molar-refractivity contribution in [2.45, 2.75) is 26.3 Å². The third-order valence-electron chi connectivity index (χ3n) is 3.14. The van der Waals surface area contributed by atoms with Gasteiger partial charge < -0.3 is 10.1 Å². The van der Waals surface area contributed by atoms with Crippen molar-refractivity contribution in [1.82, 2.24) is 0 Å². The van der Waals surface area contributed by atoms with Crippen molar-refractivity contribution in [3.05, 3.63) is 58.3 Å². The number of benzene rings is 2. The average molecular weight is 352 g/mol. The molecule has 1 atom stereocenters. The van der Waals surface area contributed by atoms with E-state index in [0.29, 0.717) is 12.2 Å². The topological polar surface area (TPSA) is 21.3 Å². The molecule has 0 bridgehead atoms. The number of halogens is 2. The molecular formula is C17H19BrFNO. The Kier molecular flexibility index (Phi) is 5.62. The summed E-state index contributed by atoms with van der Waals surface area (Å²) in [5.74, 6) is 0.636. The molecule has 0 aliphatic heterocycles. The smallest absolute Gasteiger partial charge is 0.129 e. The number of anilines is 1. The molecule has 1 unspecified atom stereocenters. The molecule has 2 aromatic rings. The lowest BCUT2D eigenvalue weighted by Crippen LogP contribution is -2.08. The zero-order valence-electron chi connectivity index (χ0n) is 12.2. The summed E-state index contributed by atoms with van der Waals surface area (Å²) in [6.07, 6.45) is 0.986. The SMILES string of the molecule is CCCOc1ccc(NC(C)c2ccc(Br)cc2F)cc1. The molecule has 0 aliphatic rings. The van der Waals surface area contributed by atoms with Gasteiger partial charge in [0, 0.05) is 15.7 Å². The highest BCUT2D eigenvalue weighted by atomic mass is 79.9. The molecule has 0 aromatic heterocycles. The van der Waals surface area contributed by atoms with E-state index in [1.165, 1.54) is 6.07 Å². The van der Waals surface area contributed by atoms with E-state index in [1.807, 2.05) is 37.3 Å². The largest absolute Gasteiger partial charge is 0.494 e. The van der Waals surface area contributed by atoms with Crippen LogP contribution in [0, 0.1) is 5.82 Å². The molecule has 1 N–H and O–H groups in total. The molecule has 0 amide bonds. The van der Waals surface area contributed by atoms with E-state index in [9.17, 15) is 4.39 Å².